The SMILES string of the molecule is Nc1ccccc1.[B]C1=CCCC=C1. The number of rotatable bonds is 0. The molecule has 0 aromatic heterocycles. The molecule has 0 bridgehead atoms. The minimum Gasteiger partial charge on any atom is -0.399 e. The summed E-state index contributed by atoms with van der Waals surface area (Å²) in [6, 6.07) is 9.49. The molecular weight excluding hydrogens is 169 g/mol. The summed E-state index contributed by atoms with van der Waals surface area (Å²) in [5.74, 6) is 0. The molecule has 2 heteroatoms. The molecule has 0 heterocycles. The average Bonchev–Trinajstić information content (AvgIpc) is 2.21. The maximum atomic E-state index is 5.41. The van der Waals surface area contributed by atoms with Crippen molar-refractivity contribution in [3.63, 3.8) is 0 Å². The topological polar surface area (TPSA) is 26.0 Å². The lowest BCUT2D eigenvalue weighted by atomic mass is 9.91. The molecule has 1 aliphatic rings. The van der Waals surface area contributed by atoms with E-state index in [1.807, 2.05) is 42.5 Å². The summed E-state index contributed by atoms with van der Waals surface area (Å²) in [5, 5.41) is 0. The summed E-state index contributed by atoms with van der Waals surface area (Å²) in [6.07, 6.45) is 8.35. The molecule has 1 aromatic carbocycles. The minimum atomic E-state index is 0.822. The van der Waals surface area contributed by atoms with Crippen molar-refractivity contribution < 1.29 is 0 Å². The maximum absolute atomic E-state index is 5.41. The molecule has 1 aliphatic carbocycles. The van der Waals surface area contributed by atoms with Crippen molar-refractivity contribution in [2.24, 2.45) is 0 Å². The first-order chi connectivity index (χ1) is 6.79. The van der Waals surface area contributed by atoms with Crippen molar-refractivity contribution in [2.45, 2.75) is 12.8 Å². The van der Waals surface area contributed by atoms with Crippen LogP contribution < -0.4 is 5.73 Å². The molecule has 0 fully saturated rings. The summed E-state index contributed by atoms with van der Waals surface area (Å²) in [4.78, 5) is 0. The third kappa shape index (κ3) is 4.56. The molecule has 70 valence electrons. The Bertz CT molecular complexity index is 314. The van der Waals surface area contributed by atoms with E-state index in [9.17, 15) is 0 Å². The van der Waals surface area contributed by atoms with Crippen LogP contribution in [0.5, 0.6) is 0 Å². The molecule has 0 amide bonds. The Kier molecular flexibility index (Phi) is 4.63. The van der Waals surface area contributed by atoms with Crippen molar-refractivity contribution in [3.05, 3.63) is 54.0 Å². The molecule has 1 aromatic rings. The van der Waals surface area contributed by atoms with Crippen LogP contribution in [0.15, 0.2) is 54.0 Å². The zero-order valence-electron chi connectivity index (χ0n) is 8.19. The molecule has 0 unspecified atom stereocenters. The van der Waals surface area contributed by atoms with Gasteiger partial charge >= 0.3 is 0 Å². The second kappa shape index (κ2) is 6.08. The second-order valence-corrected chi connectivity index (χ2v) is 3.09. The van der Waals surface area contributed by atoms with Crippen molar-refractivity contribution in [2.75, 3.05) is 5.73 Å². The lowest BCUT2D eigenvalue weighted by molar-refractivity contribution is 1.03. The van der Waals surface area contributed by atoms with Crippen molar-refractivity contribution in [1.82, 2.24) is 0 Å². The highest BCUT2D eigenvalue weighted by atomic mass is 14.5. The van der Waals surface area contributed by atoms with Gasteiger partial charge in [-0.3, -0.25) is 0 Å². The first-order valence-corrected chi connectivity index (χ1v) is 4.72. The number of anilines is 1. The number of nitrogen functional groups attached to an aromatic ring is 1. The van der Waals surface area contributed by atoms with E-state index in [2.05, 4.69) is 6.08 Å². The number of allylic oxidation sites excluding steroid dienone is 4. The fourth-order valence-electron chi connectivity index (χ4n) is 1.09. The van der Waals surface area contributed by atoms with Crippen LogP contribution >= 0.6 is 0 Å². The number of hydrogen-bond donors (Lipinski definition) is 1. The van der Waals surface area contributed by atoms with E-state index >= 15 is 0 Å². The molecule has 0 saturated heterocycles. The first-order valence-electron chi connectivity index (χ1n) is 4.72. The van der Waals surface area contributed by atoms with Crippen LogP contribution in [0.4, 0.5) is 5.69 Å². The van der Waals surface area contributed by atoms with Crippen LogP contribution in [-0.4, -0.2) is 7.85 Å². The van der Waals surface area contributed by atoms with E-state index in [-0.39, 0.29) is 0 Å². The molecule has 0 aliphatic heterocycles. The first kappa shape index (κ1) is 10.6. The Morgan fingerprint density at radius 3 is 2.07 bits per heavy atom. The van der Waals surface area contributed by atoms with E-state index in [1.165, 1.54) is 0 Å². The molecule has 2 N–H and O–H groups in total. The smallest absolute Gasteiger partial charge is 0.113 e. The largest absolute Gasteiger partial charge is 0.399 e. The van der Waals surface area contributed by atoms with Gasteiger partial charge in [0.05, 0.1) is 0 Å². The molecule has 0 saturated carbocycles. The predicted molar refractivity (Wildman–Crippen MR) is 63.1 cm³/mol. The quantitative estimate of drug-likeness (QED) is 0.485. The number of hydrogen-bond acceptors (Lipinski definition) is 1. The normalized spacial score (nSPS) is 13.9. The van der Waals surface area contributed by atoms with Crippen molar-refractivity contribution in [1.29, 1.82) is 0 Å². The molecule has 2 rings (SSSR count). The van der Waals surface area contributed by atoms with Gasteiger partial charge in [-0.2, -0.15) is 0 Å². The number of nitrogens with two attached hydrogens (primary N) is 1. The minimum absolute atomic E-state index is 0.822. The predicted octanol–water partition coefficient (Wildman–Crippen LogP) is 2.66. The summed E-state index contributed by atoms with van der Waals surface area (Å²) in [7, 11) is 5.41. The Labute approximate surface area is 86.7 Å². The summed E-state index contributed by atoms with van der Waals surface area (Å²) < 4.78 is 0. The Hall–Kier alpha value is -1.44. The highest BCUT2D eigenvalue weighted by molar-refractivity contribution is 6.23. The zero-order chi connectivity index (χ0) is 10.2. The summed E-state index contributed by atoms with van der Waals surface area (Å²) in [5.41, 5.74) is 7.09. The van der Waals surface area contributed by atoms with Crippen LogP contribution in [-0.2, 0) is 0 Å². The highest BCUT2D eigenvalue weighted by Gasteiger charge is 1.86. The number of para-hydroxylation sites is 1. The van der Waals surface area contributed by atoms with Gasteiger partial charge in [-0.1, -0.05) is 36.4 Å². The summed E-state index contributed by atoms with van der Waals surface area (Å²) in [6.45, 7) is 0. The standard InChI is InChI=1S/C6H7B.C6H7N/c2*7-6-4-2-1-3-5-6/h2,4-5H,1,3H2;1-5H,7H2. The number of benzene rings is 1. The molecule has 0 atom stereocenters. The van der Waals surface area contributed by atoms with E-state index in [1.54, 1.807) is 0 Å². The van der Waals surface area contributed by atoms with Crippen LogP contribution in [0.1, 0.15) is 12.8 Å². The van der Waals surface area contributed by atoms with Crippen LogP contribution in [0.25, 0.3) is 0 Å². The van der Waals surface area contributed by atoms with Gasteiger partial charge in [-0.15, -0.1) is 5.47 Å². The lowest BCUT2D eigenvalue weighted by Gasteiger charge is -1.97. The van der Waals surface area contributed by atoms with Crippen LogP contribution in [0.2, 0.25) is 0 Å². The Morgan fingerprint density at radius 1 is 1.07 bits per heavy atom. The van der Waals surface area contributed by atoms with E-state index in [0.29, 0.717) is 0 Å². The van der Waals surface area contributed by atoms with Gasteiger partial charge in [0.2, 0.25) is 0 Å². The third-order valence-electron chi connectivity index (χ3n) is 1.82. The van der Waals surface area contributed by atoms with Gasteiger partial charge < -0.3 is 5.73 Å². The van der Waals surface area contributed by atoms with Gasteiger partial charge in [0.1, 0.15) is 7.85 Å². The van der Waals surface area contributed by atoms with Gasteiger partial charge in [0.25, 0.3) is 0 Å². The van der Waals surface area contributed by atoms with E-state index in [4.69, 9.17) is 13.6 Å². The summed E-state index contributed by atoms with van der Waals surface area (Å²) >= 11 is 0. The van der Waals surface area contributed by atoms with Gasteiger partial charge in [0.15, 0.2) is 0 Å². The fraction of sp³-hybridized carbons (Fsp3) is 0.167. The van der Waals surface area contributed by atoms with Gasteiger partial charge in [-0.25, -0.2) is 0 Å². The van der Waals surface area contributed by atoms with Crippen LogP contribution in [0, 0.1) is 0 Å². The van der Waals surface area contributed by atoms with Crippen molar-refractivity contribution in [3.8, 4) is 0 Å². The monoisotopic (exact) mass is 183 g/mol. The van der Waals surface area contributed by atoms with Gasteiger partial charge in [0, 0.05) is 5.69 Å². The Balaban J connectivity index is 0.000000140. The molecule has 1 nitrogen and oxygen atoms in total. The van der Waals surface area contributed by atoms with E-state index in [0.717, 1.165) is 24.0 Å². The molecular formula is C12H14BN. The van der Waals surface area contributed by atoms with Crippen molar-refractivity contribution >= 4 is 13.5 Å². The Morgan fingerprint density at radius 2 is 1.79 bits per heavy atom. The maximum Gasteiger partial charge on any atom is 0.113 e. The fourth-order valence-corrected chi connectivity index (χ4v) is 1.09. The zero-order valence-corrected chi connectivity index (χ0v) is 8.19. The van der Waals surface area contributed by atoms with Gasteiger partial charge in [-0.05, 0) is 25.0 Å². The molecule has 2 radical (unpaired) electrons. The molecule has 14 heavy (non-hydrogen) atoms. The van der Waals surface area contributed by atoms with E-state index < -0.39 is 0 Å². The second-order valence-electron chi connectivity index (χ2n) is 3.09. The lowest BCUT2D eigenvalue weighted by Crippen LogP contribution is -1.80. The average molecular weight is 183 g/mol. The molecule has 0 spiro atoms. The van der Waals surface area contributed by atoms with Crippen LogP contribution in [0.3, 0.4) is 0 Å². The third-order valence-corrected chi connectivity index (χ3v) is 1.82. The highest BCUT2D eigenvalue weighted by Crippen LogP contribution is 2.04.